The fraction of sp³-hybridized carbons (Fsp3) is 0.667. The summed E-state index contributed by atoms with van der Waals surface area (Å²) >= 11 is 0. The molecular formula is C9H11N. The molecule has 1 nitrogen and oxygen atoms in total. The van der Waals surface area contributed by atoms with Crippen molar-refractivity contribution in [2.75, 3.05) is 0 Å². The minimum atomic E-state index is 0.694. The highest BCUT2D eigenvalue weighted by Gasteiger charge is 2.34. The second-order valence-corrected chi connectivity index (χ2v) is 3.40. The third-order valence-electron chi connectivity index (χ3n) is 2.77. The van der Waals surface area contributed by atoms with Gasteiger partial charge < -0.3 is 0 Å². The van der Waals surface area contributed by atoms with Gasteiger partial charge in [0, 0.05) is 6.42 Å². The molecule has 0 aromatic carbocycles. The molecule has 10 heavy (non-hydrogen) atoms. The molecule has 2 aliphatic carbocycles. The van der Waals surface area contributed by atoms with Crippen molar-refractivity contribution >= 4 is 0 Å². The van der Waals surface area contributed by atoms with Gasteiger partial charge in [0.25, 0.3) is 0 Å². The van der Waals surface area contributed by atoms with Gasteiger partial charge in [-0.1, -0.05) is 12.2 Å². The lowest BCUT2D eigenvalue weighted by Crippen LogP contribution is -2.04. The van der Waals surface area contributed by atoms with Crippen LogP contribution >= 0.6 is 0 Å². The standard InChI is InChI=1S/C9H11N/c10-4-3-9-6-7-1-2-8(9)5-7/h1-2,7-9H,3,5-6H2/t7-,8+,9-/m0/s1. The minimum absolute atomic E-state index is 0.694. The first-order valence-corrected chi connectivity index (χ1v) is 3.95. The summed E-state index contributed by atoms with van der Waals surface area (Å²) in [5.74, 6) is 2.27. The summed E-state index contributed by atoms with van der Waals surface area (Å²) in [6, 6.07) is 2.26. The van der Waals surface area contributed by atoms with Crippen LogP contribution in [0.25, 0.3) is 0 Å². The molecule has 2 aliphatic rings. The second-order valence-electron chi connectivity index (χ2n) is 3.40. The van der Waals surface area contributed by atoms with Gasteiger partial charge in [0.05, 0.1) is 6.07 Å². The Balaban J connectivity index is 2.04. The van der Waals surface area contributed by atoms with Crippen LogP contribution in [-0.2, 0) is 0 Å². The first kappa shape index (κ1) is 5.97. The lowest BCUT2D eigenvalue weighted by Gasteiger charge is -2.12. The Bertz CT molecular complexity index is 199. The summed E-state index contributed by atoms with van der Waals surface area (Å²) in [6.45, 7) is 0. The van der Waals surface area contributed by atoms with Crippen LogP contribution in [0.3, 0.4) is 0 Å². The van der Waals surface area contributed by atoms with E-state index in [2.05, 4.69) is 18.2 Å². The molecule has 0 aromatic heterocycles. The number of nitrogens with zero attached hydrogens (tertiary/aromatic N) is 1. The van der Waals surface area contributed by atoms with Crippen molar-refractivity contribution in [3.05, 3.63) is 12.2 Å². The molecule has 52 valence electrons. The number of hydrogen-bond acceptors (Lipinski definition) is 1. The predicted molar refractivity (Wildman–Crippen MR) is 39.1 cm³/mol. The molecule has 0 amide bonds. The lowest BCUT2D eigenvalue weighted by atomic mass is 9.91. The molecule has 3 atom stereocenters. The first-order valence-electron chi connectivity index (χ1n) is 3.95. The molecule has 1 heteroatoms. The number of rotatable bonds is 1. The average Bonchev–Trinajstić information content (AvgIpc) is 2.48. The van der Waals surface area contributed by atoms with Crippen molar-refractivity contribution in [2.45, 2.75) is 19.3 Å². The molecule has 0 heterocycles. The van der Waals surface area contributed by atoms with E-state index < -0.39 is 0 Å². The zero-order valence-corrected chi connectivity index (χ0v) is 5.96. The number of fused-ring (bicyclic) bond motifs is 2. The topological polar surface area (TPSA) is 23.8 Å². The zero-order chi connectivity index (χ0) is 6.97. The number of allylic oxidation sites excluding steroid dienone is 2. The third kappa shape index (κ3) is 0.759. The number of hydrogen-bond donors (Lipinski definition) is 0. The molecule has 1 saturated carbocycles. The van der Waals surface area contributed by atoms with Crippen molar-refractivity contribution in [1.82, 2.24) is 0 Å². The highest BCUT2D eigenvalue weighted by atomic mass is 14.4. The molecule has 0 N–H and O–H groups in total. The molecule has 2 rings (SSSR count). The Morgan fingerprint density at radius 3 is 2.80 bits per heavy atom. The highest BCUT2D eigenvalue weighted by Crippen LogP contribution is 2.44. The van der Waals surface area contributed by atoms with E-state index in [0.717, 1.165) is 18.3 Å². The van der Waals surface area contributed by atoms with E-state index in [-0.39, 0.29) is 0 Å². The van der Waals surface area contributed by atoms with Gasteiger partial charge in [-0.15, -0.1) is 0 Å². The van der Waals surface area contributed by atoms with Crippen molar-refractivity contribution < 1.29 is 0 Å². The Morgan fingerprint density at radius 2 is 2.30 bits per heavy atom. The van der Waals surface area contributed by atoms with Gasteiger partial charge in [-0.2, -0.15) is 5.26 Å². The van der Waals surface area contributed by atoms with Crippen molar-refractivity contribution in [3.63, 3.8) is 0 Å². The fourth-order valence-electron chi connectivity index (χ4n) is 2.25. The molecule has 1 fully saturated rings. The van der Waals surface area contributed by atoms with Crippen LogP contribution in [0.1, 0.15) is 19.3 Å². The van der Waals surface area contributed by atoms with E-state index in [1.165, 1.54) is 12.8 Å². The van der Waals surface area contributed by atoms with Crippen LogP contribution in [0.5, 0.6) is 0 Å². The average molecular weight is 133 g/mol. The maximum Gasteiger partial charge on any atom is 0.0624 e. The summed E-state index contributed by atoms with van der Waals surface area (Å²) in [7, 11) is 0. The normalized spacial score (nSPS) is 42.1. The summed E-state index contributed by atoms with van der Waals surface area (Å²) in [5, 5.41) is 8.48. The van der Waals surface area contributed by atoms with Crippen LogP contribution in [0.2, 0.25) is 0 Å². The zero-order valence-electron chi connectivity index (χ0n) is 5.96. The van der Waals surface area contributed by atoms with Crippen molar-refractivity contribution in [2.24, 2.45) is 17.8 Å². The van der Waals surface area contributed by atoms with Gasteiger partial charge in [0.2, 0.25) is 0 Å². The van der Waals surface area contributed by atoms with Crippen LogP contribution in [-0.4, -0.2) is 0 Å². The van der Waals surface area contributed by atoms with Crippen LogP contribution in [0.4, 0.5) is 0 Å². The highest BCUT2D eigenvalue weighted by molar-refractivity contribution is 5.11. The Morgan fingerprint density at radius 1 is 1.40 bits per heavy atom. The van der Waals surface area contributed by atoms with Crippen LogP contribution in [0, 0.1) is 29.1 Å². The summed E-state index contributed by atoms with van der Waals surface area (Å²) in [4.78, 5) is 0. The Labute approximate surface area is 61.4 Å². The molecule has 0 aliphatic heterocycles. The van der Waals surface area contributed by atoms with E-state index in [1.807, 2.05) is 0 Å². The van der Waals surface area contributed by atoms with E-state index in [4.69, 9.17) is 5.26 Å². The summed E-state index contributed by atoms with van der Waals surface area (Å²) in [5.41, 5.74) is 0. The summed E-state index contributed by atoms with van der Waals surface area (Å²) in [6.07, 6.45) is 7.99. The molecule has 0 spiro atoms. The van der Waals surface area contributed by atoms with Crippen LogP contribution < -0.4 is 0 Å². The van der Waals surface area contributed by atoms with E-state index in [0.29, 0.717) is 5.92 Å². The second kappa shape index (κ2) is 2.12. The van der Waals surface area contributed by atoms with Gasteiger partial charge in [0.15, 0.2) is 0 Å². The minimum Gasteiger partial charge on any atom is -0.198 e. The molecule has 0 radical (unpaired) electrons. The first-order chi connectivity index (χ1) is 4.90. The molecular weight excluding hydrogens is 122 g/mol. The quantitative estimate of drug-likeness (QED) is 0.502. The number of nitriles is 1. The molecule has 0 aromatic rings. The smallest absolute Gasteiger partial charge is 0.0624 e. The monoisotopic (exact) mass is 133 g/mol. The third-order valence-corrected chi connectivity index (χ3v) is 2.77. The maximum absolute atomic E-state index is 8.48. The fourth-order valence-corrected chi connectivity index (χ4v) is 2.25. The van der Waals surface area contributed by atoms with Gasteiger partial charge in [-0.3, -0.25) is 0 Å². The largest absolute Gasteiger partial charge is 0.198 e. The predicted octanol–water partition coefficient (Wildman–Crippen LogP) is 2.11. The lowest BCUT2D eigenvalue weighted by molar-refractivity contribution is 0.458. The molecule has 0 unspecified atom stereocenters. The van der Waals surface area contributed by atoms with Gasteiger partial charge in [-0.25, -0.2) is 0 Å². The molecule has 0 saturated heterocycles. The van der Waals surface area contributed by atoms with Gasteiger partial charge in [0.1, 0.15) is 0 Å². The summed E-state index contributed by atoms with van der Waals surface area (Å²) < 4.78 is 0. The van der Waals surface area contributed by atoms with Gasteiger partial charge >= 0.3 is 0 Å². The van der Waals surface area contributed by atoms with E-state index in [1.54, 1.807) is 0 Å². The van der Waals surface area contributed by atoms with Crippen LogP contribution in [0.15, 0.2) is 12.2 Å². The van der Waals surface area contributed by atoms with E-state index in [9.17, 15) is 0 Å². The SMILES string of the molecule is N#CC[C@H]1C[C@H]2C=C[C@@H]1C2. The Kier molecular flexibility index (Phi) is 1.27. The van der Waals surface area contributed by atoms with Crippen molar-refractivity contribution in [1.29, 1.82) is 5.26 Å². The Hall–Kier alpha value is -0.770. The maximum atomic E-state index is 8.48. The van der Waals surface area contributed by atoms with Gasteiger partial charge in [-0.05, 0) is 30.6 Å². The molecule has 2 bridgehead atoms. The van der Waals surface area contributed by atoms with Crippen molar-refractivity contribution in [3.8, 4) is 6.07 Å². The van der Waals surface area contributed by atoms with E-state index >= 15 is 0 Å².